The molecule has 5 heteroatoms. The first-order chi connectivity index (χ1) is 15.3. The molecule has 0 amide bonds. The van der Waals surface area contributed by atoms with Gasteiger partial charge in [-0.1, -0.05) is 42.5 Å². The third kappa shape index (κ3) is 4.78. The zero-order valence-electron chi connectivity index (χ0n) is 18.5. The van der Waals surface area contributed by atoms with Crippen LogP contribution in [0.1, 0.15) is 35.6 Å². The number of rotatable bonds is 6. The molecule has 0 aliphatic carbocycles. The third-order valence-corrected chi connectivity index (χ3v) is 6.44. The molecule has 2 heterocycles. The predicted octanol–water partition coefficient (Wildman–Crippen LogP) is 5.30. The highest BCUT2D eigenvalue weighted by atomic mass is 35.5. The monoisotopic (exact) mass is 450 g/mol. The van der Waals surface area contributed by atoms with Gasteiger partial charge in [-0.3, -0.25) is 0 Å². The van der Waals surface area contributed by atoms with Crippen LogP contribution in [0.15, 0.2) is 66.7 Å². The van der Waals surface area contributed by atoms with Crippen molar-refractivity contribution < 1.29 is 9.47 Å². The van der Waals surface area contributed by atoms with Crippen molar-refractivity contribution in [1.29, 1.82) is 0 Å². The van der Waals surface area contributed by atoms with Gasteiger partial charge in [-0.05, 0) is 65.9 Å². The molecule has 0 radical (unpaired) electrons. The van der Waals surface area contributed by atoms with Gasteiger partial charge in [-0.15, -0.1) is 12.4 Å². The maximum atomic E-state index is 6.04. The standard InChI is InChI=1S/C27H30N2O2.ClH/c1-30-24-10-5-9-20(17-24)22-15-21-12-14-31-27(21)23(16-22)18-29-25-11-6-13-28-26(25)19-7-3-2-4-8-19;/h2-5,7-10,15-17,25-26,28-29H,6,11-14,18H2,1H3;1H/t25-,26-;/m0./s1. The minimum atomic E-state index is 0. The minimum absolute atomic E-state index is 0. The molecule has 3 aromatic rings. The molecule has 168 valence electrons. The number of benzene rings is 3. The second-order valence-corrected chi connectivity index (χ2v) is 8.43. The molecule has 3 aromatic carbocycles. The molecular formula is C27H31ClN2O2. The lowest BCUT2D eigenvalue weighted by atomic mass is 9.92. The first kappa shape index (κ1) is 22.7. The van der Waals surface area contributed by atoms with Gasteiger partial charge in [0.25, 0.3) is 0 Å². The van der Waals surface area contributed by atoms with Crippen LogP contribution in [-0.2, 0) is 13.0 Å². The first-order valence-corrected chi connectivity index (χ1v) is 11.3. The number of methoxy groups -OCH3 is 1. The van der Waals surface area contributed by atoms with E-state index >= 15 is 0 Å². The normalized spacial score (nSPS) is 19.5. The Morgan fingerprint density at radius 2 is 1.91 bits per heavy atom. The summed E-state index contributed by atoms with van der Waals surface area (Å²) in [5.74, 6) is 1.95. The Hall–Kier alpha value is -2.53. The SMILES string of the molecule is COc1cccc(-c2cc3c(c(CN[C@H]4CCCN[C@H]4c4ccccc4)c2)OCC3)c1.Cl. The smallest absolute Gasteiger partial charge is 0.127 e. The lowest BCUT2D eigenvalue weighted by Gasteiger charge is -2.34. The number of ether oxygens (including phenoxy) is 2. The lowest BCUT2D eigenvalue weighted by molar-refractivity contribution is 0.301. The van der Waals surface area contributed by atoms with Crippen molar-refractivity contribution in [3.63, 3.8) is 0 Å². The van der Waals surface area contributed by atoms with Crippen LogP contribution in [-0.4, -0.2) is 26.3 Å². The molecular weight excluding hydrogens is 420 g/mol. The summed E-state index contributed by atoms with van der Waals surface area (Å²) in [5.41, 5.74) is 6.30. The van der Waals surface area contributed by atoms with Crippen LogP contribution < -0.4 is 20.1 Å². The Bertz CT molecular complexity index is 1040. The average Bonchev–Trinajstić information content (AvgIpc) is 3.32. The quantitative estimate of drug-likeness (QED) is 0.534. The van der Waals surface area contributed by atoms with Crippen molar-refractivity contribution >= 4 is 12.4 Å². The number of piperidine rings is 1. The fraction of sp³-hybridized carbons (Fsp3) is 0.333. The summed E-state index contributed by atoms with van der Waals surface area (Å²) in [6.45, 7) is 2.64. The van der Waals surface area contributed by atoms with E-state index in [0.717, 1.165) is 37.6 Å². The van der Waals surface area contributed by atoms with Gasteiger partial charge in [0.1, 0.15) is 11.5 Å². The van der Waals surface area contributed by atoms with Crippen molar-refractivity contribution in [1.82, 2.24) is 10.6 Å². The average molecular weight is 451 g/mol. The van der Waals surface area contributed by atoms with Crippen LogP contribution >= 0.6 is 12.4 Å². The van der Waals surface area contributed by atoms with Crippen LogP contribution in [0.5, 0.6) is 11.5 Å². The molecule has 1 saturated heterocycles. The van der Waals surface area contributed by atoms with E-state index in [-0.39, 0.29) is 12.4 Å². The molecule has 2 N–H and O–H groups in total. The van der Waals surface area contributed by atoms with E-state index in [1.165, 1.54) is 40.7 Å². The van der Waals surface area contributed by atoms with Crippen LogP contribution in [0, 0.1) is 0 Å². The Labute approximate surface area is 196 Å². The molecule has 1 fully saturated rings. The number of hydrogen-bond acceptors (Lipinski definition) is 4. The van der Waals surface area contributed by atoms with Gasteiger partial charge in [0, 0.05) is 30.6 Å². The molecule has 0 unspecified atom stereocenters. The fourth-order valence-corrected chi connectivity index (χ4v) is 4.85. The van der Waals surface area contributed by atoms with E-state index in [1.807, 2.05) is 12.1 Å². The molecule has 5 rings (SSSR count). The van der Waals surface area contributed by atoms with Crippen LogP contribution in [0.3, 0.4) is 0 Å². The summed E-state index contributed by atoms with van der Waals surface area (Å²) < 4.78 is 11.5. The Morgan fingerprint density at radius 3 is 2.75 bits per heavy atom. The number of hydrogen-bond donors (Lipinski definition) is 2. The van der Waals surface area contributed by atoms with Crippen molar-refractivity contribution in [3.05, 3.63) is 83.4 Å². The van der Waals surface area contributed by atoms with Gasteiger partial charge in [0.05, 0.1) is 13.7 Å². The summed E-state index contributed by atoms with van der Waals surface area (Å²) in [6.07, 6.45) is 3.34. The maximum Gasteiger partial charge on any atom is 0.127 e. The molecule has 2 aliphatic heterocycles. The van der Waals surface area contributed by atoms with Gasteiger partial charge in [0.15, 0.2) is 0 Å². The zero-order valence-corrected chi connectivity index (χ0v) is 19.3. The van der Waals surface area contributed by atoms with E-state index in [9.17, 15) is 0 Å². The fourth-order valence-electron chi connectivity index (χ4n) is 4.85. The number of fused-ring (bicyclic) bond motifs is 1. The van der Waals surface area contributed by atoms with Crippen molar-refractivity contribution in [2.45, 2.75) is 37.9 Å². The van der Waals surface area contributed by atoms with Crippen molar-refractivity contribution in [2.75, 3.05) is 20.3 Å². The Morgan fingerprint density at radius 1 is 1.03 bits per heavy atom. The van der Waals surface area contributed by atoms with Crippen molar-refractivity contribution in [2.24, 2.45) is 0 Å². The second-order valence-electron chi connectivity index (χ2n) is 8.43. The second kappa shape index (κ2) is 10.4. The van der Waals surface area contributed by atoms with Gasteiger partial charge in [0.2, 0.25) is 0 Å². The van der Waals surface area contributed by atoms with Gasteiger partial charge in [-0.2, -0.15) is 0 Å². The molecule has 0 aromatic heterocycles. The highest BCUT2D eigenvalue weighted by molar-refractivity contribution is 5.85. The topological polar surface area (TPSA) is 42.5 Å². The largest absolute Gasteiger partial charge is 0.497 e. The predicted molar refractivity (Wildman–Crippen MR) is 132 cm³/mol. The highest BCUT2D eigenvalue weighted by Gasteiger charge is 2.26. The minimum Gasteiger partial charge on any atom is -0.497 e. The van der Waals surface area contributed by atoms with Crippen molar-refractivity contribution in [3.8, 4) is 22.6 Å². The molecule has 0 saturated carbocycles. The van der Waals surface area contributed by atoms with Gasteiger partial charge in [-0.25, -0.2) is 0 Å². The third-order valence-electron chi connectivity index (χ3n) is 6.44. The maximum absolute atomic E-state index is 6.04. The van der Waals surface area contributed by atoms with E-state index < -0.39 is 0 Å². The molecule has 2 aliphatic rings. The van der Waals surface area contributed by atoms with E-state index in [4.69, 9.17) is 9.47 Å². The summed E-state index contributed by atoms with van der Waals surface area (Å²) >= 11 is 0. The first-order valence-electron chi connectivity index (χ1n) is 11.3. The highest BCUT2D eigenvalue weighted by Crippen LogP contribution is 2.36. The molecule has 2 atom stereocenters. The van der Waals surface area contributed by atoms with Gasteiger partial charge < -0.3 is 20.1 Å². The zero-order chi connectivity index (χ0) is 21.0. The summed E-state index contributed by atoms with van der Waals surface area (Å²) in [4.78, 5) is 0. The Kier molecular flexibility index (Phi) is 7.36. The molecule has 32 heavy (non-hydrogen) atoms. The molecule has 0 bridgehead atoms. The van der Waals surface area contributed by atoms with E-state index in [0.29, 0.717) is 12.1 Å². The van der Waals surface area contributed by atoms with Crippen LogP contribution in [0.4, 0.5) is 0 Å². The van der Waals surface area contributed by atoms with Crippen LogP contribution in [0.2, 0.25) is 0 Å². The molecule has 0 spiro atoms. The molecule has 4 nitrogen and oxygen atoms in total. The van der Waals surface area contributed by atoms with E-state index in [2.05, 4.69) is 65.2 Å². The van der Waals surface area contributed by atoms with Gasteiger partial charge >= 0.3 is 0 Å². The summed E-state index contributed by atoms with van der Waals surface area (Å²) in [5, 5.41) is 7.57. The Balaban J connectivity index is 0.00000245. The summed E-state index contributed by atoms with van der Waals surface area (Å²) in [7, 11) is 1.71. The lowest BCUT2D eigenvalue weighted by Crippen LogP contribution is -2.45. The number of nitrogens with one attached hydrogen (secondary N) is 2. The summed E-state index contributed by atoms with van der Waals surface area (Å²) in [6, 6.07) is 24.4. The van der Waals surface area contributed by atoms with E-state index in [1.54, 1.807) is 7.11 Å². The number of halogens is 1. The van der Waals surface area contributed by atoms with Crippen LogP contribution in [0.25, 0.3) is 11.1 Å².